The summed E-state index contributed by atoms with van der Waals surface area (Å²) in [4.78, 5) is 15.8. The van der Waals surface area contributed by atoms with Gasteiger partial charge in [-0.25, -0.2) is 4.98 Å². The minimum absolute atomic E-state index is 0.180. The Bertz CT molecular complexity index is 483. The highest BCUT2D eigenvalue weighted by molar-refractivity contribution is 5.96. The van der Waals surface area contributed by atoms with Crippen molar-refractivity contribution >= 4 is 5.91 Å². The van der Waals surface area contributed by atoms with Crippen molar-refractivity contribution in [1.82, 2.24) is 25.7 Å². The van der Waals surface area contributed by atoms with Gasteiger partial charge in [-0.05, 0) is 13.8 Å². The molecule has 0 spiro atoms. The quantitative estimate of drug-likeness (QED) is 0.798. The molecule has 2 aromatic rings. The standard InChI is InChI=1S/C10H13N5O2/c1-6-9(7(2)17-15-6)10(16)11-4-3-8-12-5-13-14-8/h5H,3-4H2,1-2H3,(H,11,16)(H,12,13,14). The smallest absolute Gasteiger partial charge is 0.256 e. The van der Waals surface area contributed by atoms with Crippen molar-refractivity contribution in [3.8, 4) is 0 Å². The van der Waals surface area contributed by atoms with Gasteiger partial charge in [-0.15, -0.1) is 0 Å². The van der Waals surface area contributed by atoms with Gasteiger partial charge >= 0.3 is 0 Å². The lowest BCUT2D eigenvalue weighted by molar-refractivity contribution is 0.0952. The van der Waals surface area contributed by atoms with E-state index in [4.69, 9.17) is 4.52 Å². The number of hydrogen-bond donors (Lipinski definition) is 2. The fraction of sp³-hybridized carbons (Fsp3) is 0.400. The lowest BCUT2D eigenvalue weighted by atomic mass is 10.2. The van der Waals surface area contributed by atoms with E-state index < -0.39 is 0 Å². The second-order valence-corrected chi connectivity index (χ2v) is 3.64. The summed E-state index contributed by atoms with van der Waals surface area (Å²) >= 11 is 0. The molecule has 7 heteroatoms. The largest absolute Gasteiger partial charge is 0.361 e. The molecule has 0 fully saturated rings. The van der Waals surface area contributed by atoms with Gasteiger partial charge in [-0.2, -0.15) is 5.10 Å². The van der Waals surface area contributed by atoms with Gasteiger partial charge in [0.1, 0.15) is 23.5 Å². The Morgan fingerprint density at radius 1 is 1.53 bits per heavy atom. The van der Waals surface area contributed by atoms with E-state index in [0.29, 0.717) is 30.0 Å². The maximum atomic E-state index is 11.8. The molecule has 0 aliphatic rings. The van der Waals surface area contributed by atoms with Crippen LogP contribution in [0.2, 0.25) is 0 Å². The van der Waals surface area contributed by atoms with Crippen molar-refractivity contribution in [2.75, 3.05) is 6.54 Å². The summed E-state index contributed by atoms with van der Waals surface area (Å²) in [6.45, 7) is 3.94. The Morgan fingerprint density at radius 2 is 2.35 bits per heavy atom. The van der Waals surface area contributed by atoms with Crippen molar-refractivity contribution in [3.05, 3.63) is 29.2 Å². The van der Waals surface area contributed by atoms with Gasteiger partial charge in [0.05, 0.1) is 5.69 Å². The number of aromatic amines is 1. The van der Waals surface area contributed by atoms with Crippen LogP contribution in [0.4, 0.5) is 0 Å². The van der Waals surface area contributed by atoms with Gasteiger partial charge in [0, 0.05) is 13.0 Å². The number of H-pyrrole nitrogens is 1. The Kier molecular flexibility index (Phi) is 3.17. The molecular formula is C10H13N5O2. The molecule has 1 amide bonds. The summed E-state index contributed by atoms with van der Waals surface area (Å²) in [5.41, 5.74) is 1.10. The highest BCUT2D eigenvalue weighted by Gasteiger charge is 2.16. The van der Waals surface area contributed by atoms with Crippen LogP contribution in [0.1, 0.15) is 27.6 Å². The summed E-state index contributed by atoms with van der Waals surface area (Å²) in [7, 11) is 0. The summed E-state index contributed by atoms with van der Waals surface area (Å²) in [5, 5.41) is 13.0. The number of nitrogens with one attached hydrogen (secondary N) is 2. The van der Waals surface area contributed by atoms with Crippen LogP contribution in [0.3, 0.4) is 0 Å². The van der Waals surface area contributed by atoms with Gasteiger partial charge in [-0.1, -0.05) is 5.16 Å². The molecule has 0 saturated heterocycles. The summed E-state index contributed by atoms with van der Waals surface area (Å²) in [5.74, 6) is 1.09. The lowest BCUT2D eigenvalue weighted by Crippen LogP contribution is -2.26. The Hall–Kier alpha value is -2.18. The van der Waals surface area contributed by atoms with Gasteiger partial charge in [0.25, 0.3) is 5.91 Å². The first-order valence-electron chi connectivity index (χ1n) is 5.24. The zero-order chi connectivity index (χ0) is 12.3. The number of carbonyl (C=O) groups excluding carboxylic acids is 1. The van der Waals surface area contributed by atoms with Crippen LogP contribution in [-0.4, -0.2) is 32.8 Å². The third kappa shape index (κ3) is 2.49. The van der Waals surface area contributed by atoms with Gasteiger partial charge < -0.3 is 9.84 Å². The van der Waals surface area contributed by atoms with E-state index in [1.807, 2.05) is 0 Å². The molecule has 17 heavy (non-hydrogen) atoms. The van der Waals surface area contributed by atoms with Crippen LogP contribution in [0.25, 0.3) is 0 Å². The SMILES string of the molecule is Cc1noc(C)c1C(=O)NCCc1ncn[nH]1. The van der Waals surface area contributed by atoms with E-state index in [-0.39, 0.29) is 5.91 Å². The minimum Gasteiger partial charge on any atom is -0.361 e. The molecule has 90 valence electrons. The predicted molar refractivity (Wildman–Crippen MR) is 58.4 cm³/mol. The van der Waals surface area contributed by atoms with Crippen molar-refractivity contribution in [1.29, 1.82) is 0 Å². The summed E-state index contributed by atoms with van der Waals surface area (Å²) < 4.78 is 4.93. The first-order valence-corrected chi connectivity index (χ1v) is 5.24. The molecular weight excluding hydrogens is 222 g/mol. The Labute approximate surface area is 97.6 Å². The Morgan fingerprint density at radius 3 is 2.94 bits per heavy atom. The molecule has 0 aliphatic heterocycles. The first-order chi connectivity index (χ1) is 8.18. The second-order valence-electron chi connectivity index (χ2n) is 3.64. The first kappa shape index (κ1) is 11.3. The summed E-state index contributed by atoms with van der Waals surface area (Å²) in [6, 6.07) is 0. The molecule has 2 heterocycles. The average Bonchev–Trinajstić information content (AvgIpc) is 2.89. The van der Waals surface area contributed by atoms with Crippen molar-refractivity contribution in [2.24, 2.45) is 0 Å². The molecule has 7 nitrogen and oxygen atoms in total. The monoisotopic (exact) mass is 235 g/mol. The lowest BCUT2D eigenvalue weighted by Gasteiger charge is -2.02. The van der Waals surface area contributed by atoms with Gasteiger partial charge in [0.2, 0.25) is 0 Å². The Balaban J connectivity index is 1.90. The normalized spacial score (nSPS) is 10.5. The maximum absolute atomic E-state index is 11.8. The van der Waals surface area contributed by atoms with Crippen molar-refractivity contribution in [2.45, 2.75) is 20.3 Å². The third-order valence-electron chi connectivity index (χ3n) is 2.37. The molecule has 0 bridgehead atoms. The predicted octanol–water partition coefficient (Wildman–Crippen LogP) is 0.382. The van der Waals surface area contributed by atoms with E-state index >= 15 is 0 Å². The van der Waals surface area contributed by atoms with Gasteiger partial charge in [-0.3, -0.25) is 9.89 Å². The number of rotatable bonds is 4. The van der Waals surface area contributed by atoms with E-state index in [9.17, 15) is 4.79 Å². The third-order valence-corrected chi connectivity index (χ3v) is 2.37. The molecule has 2 rings (SSSR count). The van der Waals surface area contributed by atoms with Crippen LogP contribution in [0, 0.1) is 13.8 Å². The zero-order valence-electron chi connectivity index (χ0n) is 9.65. The number of aromatic nitrogens is 4. The molecule has 0 saturated carbocycles. The number of aryl methyl sites for hydroxylation is 2. The number of hydrogen-bond acceptors (Lipinski definition) is 5. The molecule has 0 aromatic carbocycles. The fourth-order valence-electron chi connectivity index (χ4n) is 1.54. The van der Waals surface area contributed by atoms with Crippen molar-refractivity contribution in [3.63, 3.8) is 0 Å². The van der Waals surface area contributed by atoms with Crippen molar-refractivity contribution < 1.29 is 9.32 Å². The molecule has 0 radical (unpaired) electrons. The van der Waals surface area contributed by atoms with Gasteiger partial charge in [0.15, 0.2) is 0 Å². The highest BCUT2D eigenvalue weighted by atomic mass is 16.5. The molecule has 2 N–H and O–H groups in total. The molecule has 0 unspecified atom stereocenters. The topological polar surface area (TPSA) is 96.7 Å². The van der Waals surface area contributed by atoms with E-state index in [0.717, 1.165) is 5.82 Å². The van der Waals surface area contributed by atoms with Crippen LogP contribution < -0.4 is 5.32 Å². The highest BCUT2D eigenvalue weighted by Crippen LogP contribution is 2.11. The van der Waals surface area contributed by atoms with Crippen LogP contribution in [-0.2, 0) is 6.42 Å². The zero-order valence-corrected chi connectivity index (χ0v) is 9.65. The maximum Gasteiger partial charge on any atom is 0.256 e. The number of carbonyl (C=O) groups is 1. The van der Waals surface area contributed by atoms with Crippen LogP contribution >= 0.6 is 0 Å². The minimum atomic E-state index is -0.180. The average molecular weight is 235 g/mol. The van der Waals surface area contributed by atoms with E-state index in [2.05, 4.69) is 25.7 Å². The molecule has 0 aliphatic carbocycles. The fourth-order valence-corrected chi connectivity index (χ4v) is 1.54. The van der Waals surface area contributed by atoms with Crippen LogP contribution in [0.5, 0.6) is 0 Å². The number of amides is 1. The van der Waals surface area contributed by atoms with Crippen LogP contribution in [0.15, 0.2) is 10.9 Å². The second kappa shape index (κ2) is 4.77. The number of nitrogens with zero attached hydrogens (tertiary/aromatic N) is 3. The molecule has 2 aromatic heterocycles. The van der Waals surface area contributed by atoms with E-state index in [1.165, 1.54) is 6.33 Å². The molecule has 0 atom stereocenters. The van der Waals surface area contributed by atoms with E-state index in [1.54, 1.807) is 13.8 Å². The summed E-state index contributed by atoms with van der Waals surface area (Å²) in [6.07, 6.45) is 2.04.